The fourth-order valence-electron chi connectivity index (χ4n) is 2.34. The first kappa shape index (κ1) is 11.1. The lowest BCUT2D eigenvalue weighted by Crippen LogP contribution is -2.48. The minimum absolute atomic E-state index is 0.513. The number of hydrogen-bond acceptors (Lipinski definition) is 2. The molecule has 0 radical (unpaired) electrons. The molecule has 1 fully saturated rings. The van der Waals surface area contributed by atoms with Crippen LogP contribution in [0.25, 0.3) is 0 Å². The van der Waals surface area contributed by atoms with E-state index in [-0.39, 0.29) is 0 Å². The first-order valence-electron chi connectivity index (χ1n) is 5.35. The summed E-state index contributed by atoms with van der Waals surface area (Å²) in [7, 11) is 2.16. The van der Waals surface area contributed by atoms with Crippen LogP contribution in [0.15, 0.2) is 28.7 Å². The summed E-state index contributed by atoms with van der Waals surface area (Å²) in [6, 6.07) is 8.52. The third-order valence-electron chi connectivity index (χ3n) is 3.19. The lowest BCUT2D eigenvalue weighted by atomic mass is 9.81. The van der Waals surface area contributed by atoms with Gasteiger partial charge in [0.2, 0.25) is 0 Å². The first-order chi connectivity index (χ1) is 7.20. The summed E-state index contributed by atoms with van der Waals surface area (Å²) in [4.78, 5) is 2.34. The van der Waals surface area contributed by atoms with Gasteiger partial charge in [0, 0.05) is 23.5 Å². The van der Waals surface area contributed by atoms with Crippen molar-refractivity contribution in [2.24, 2.45) is 11.7 Å². The summed E-state index contributed by atoms with van der Waals surface area (Å²) in [5.74, 6) is 1.24. The quantitative estimate of drug-likeness (QED) is 0.910. The predicted octanol–water partition coefficient (Wildman–Crippen LogP) is 2.05. The number of nitrogens with two attached hydrogens (primary N) is 1. The summed E-state index contributed by atoms with van der Waals surface area (Å²) in [6.45, 7) is 3.09. The molecule has 0 aromatic heterocycles. The van der Waals surface area contributed by atoms with Gasteiger partial charge in [-0.3, -0.25) is 0 Å². The van der Waals surface area contributed by atoms with Crippen molar-refractivity contribution in [3.63, 3.8) is 0 Å². The SMILES string of the molecule is CN1CC(C(CN)c2cccc(Br)c2)C1. The number of benzene rings is 1. The minimum Gasteiger partial charge on any atom is -0.330 e. The molecule has 0 amide bonds. The van der Waals surface area contributed by atoms with E-state index in [1.807, 2.05) is 0 Å². The Labute approximate surface area is 99.6 Å². The molecule has 1 atom stereocenters. The van der Waals surface area contributed by atoms with Crippen molar-refractivity contribution in [3.8, 4) is 0 Å². The van der Waals surface area contributed by atoms with Gasteiger partial charge in [0.05, 0.1) is 0 Å². The van der Waals surface area contributed by atoms with Gasteiger partial charge < -0.3 is 10.6 Å². The van der Waals surface area contributed by atoms with Gasteiger partial charge in [0.25, 0.3) is 0 Å². The highest BCUT2D eigenvalue weighted by Crippen LogP contribution is 2.31. The van der Waals surface area contributed by atoms with Crippen LogP contribution in [0.3, 0.4) is 0 Å². The van der Waals surface area contributed by atoms with Gasteiger partial charge in [-0.2, -0.15) is 0 Å². The monoisotopic (exact) mass is 268 g/mol. The summed E-state index contributed by atoms with van der Waals surface area (Å²) in [6.07, 6.45) is 0. The van der Waals surface area contributed by atoms with Crippen molar-refractivity contribution >= 4 is 15.9 Å². The molecule has 82 valence electrons. The third kappa shape index (κ3) is 2.41. The second kappa shape index (κ2) is 4.64. The highest BCUT2D eigenvalue weighted by molar-refractivity contribution is 9.10. The van der Waals surface area contributed by atoms with E-state index in [9.17, 15) is 0 Å². The van der Waals surface area contributed by atoms with Crippen molar-refractivity contribution < 1.29 is 0 Å². The standard InChI is InChI=1S/C12H17BrN2/c1-15-7-10(8-15)12(6-14)9-3-2-4-11(13)5-9/h2-5,10,12H,6-8,14H2,1H3. The van der Waals surface area contributed by atoms with E-state index in [0.717, 1.165) is 16.9 Å². The number of halogens is 1. The molecule has 2 rings (SSSR count). The fraction of sp³-hybridized carbons (Fsp3) is 0.500. The maximum Gasteiger partial charge on any atom is 0.0178 e. The van der Waals surface area contributed by atoms with Crippen LogP contribution in [0.5, 0.6) is 0 Å². The average Bonchev–Trinajstić information content (AvgIpc) is 2.16. The van der Waals surface area contributed by atoms with Gasteiger partial charge in [-0.05, 0) is 37.2 Å². The van der Waals surface area contributed by atoms with Crippen LogP contribution in [-0.2, 0) is 0 Å². The molecule has 2 nitrogen and oxygen atoms in total. The zero-order valence-electron chi connectivity index (χ0n) is 8.99. The molecule has 1 aliphatic rings. The van der Waals surface area contributed by atoms with Crippen LogP contribution in [0.4, 0.5) is 0 Å². The molecule has 3 heteroatoms. The molecule has 2 N–H and O–H groups in total. The molecule has 1 aromatic carbocycles. The van der Waals surface area contributed by atoms with Crippen LogP contribution in [0.1, 0.15) is 11.5 Å². The van der Waals surface area contributed by atoms with E-state index in [2.05, 4.69) is 52.1 Å². The van der Waals surface area contributed by atoms with Gasteiger partial charge >= 0.3 is 0 Å². The zero-order valence-corrected chi connectivity index (χ0v) is 10.6. The Hall–Kier alpha value is -0.380. The molecule has 1 heterocycles. The molecule has 0 spiro atoms. The Morgan fingerprint density at radius 3 is 2.80 bits per heavy atom. The first-order valence-corrected chi connectivity index (χ1v) is 6.14. The largest absolute Gasteiger partial charge is 0.330 e. The van der Waals surface area contributed by atoms with Crippen LogP contribution in [0.2, 0.25) is 0 Å². The maximum atomic E-state index is 5.88. The second-order valence-electron chi connectivity index (χ2n) is 4.38. The Kier molecular flexibility index (Phi) is 3.44. The summed E-state index contributed by atoms with van der Waals surface area (Å²) in [5.41, 5.74) is 7.24. The smallest absolute Gasteiger partial charge is 0.0178 e. The number of hydrogen-bond donors (Lipinski definition) is 1. The molecule has 1 aliphatic heterocycles. The third-order valence-corrected chi connectivity index (χ3v) is 3.69. The lowest BCUT2D eigenvalue weighted by Gasteiger charge is -2.41. The van der Waals surface area contributed by atoms with Crippen LogP contribution in [0, 0.1) is 5.92 Å². The maximum absolute atomic E-state index is 5.88. The zero-order chi connectivity index (χ0) is 10.8. The number of rotatable bonds is 3. The Bertz CT molecular complexity index is 334. The van der Waals surface area contributed by atoms with E-state index in [0.29, 0.717) is 5.92 Å². The molecule has 0 saturated carbocycles. The van der Waals surface area contributed by atoms with Crippen LogP contribution < -0.4 is 5.73 Å². The van der Waals surface area contributed by atoms with Crippen molar-refractivity contribution in [2.75, 3.05) is 26.7 Å². The van der Waals surface area contributed by atoms with Crippen molar-refractivity contribution in [3.05, 3.63) is 34.3 Å². The van der Waals surface area contributed by atoms with Gasteiger partial charge in [-0.25, -0.2) is 0 Å². The summed E-state index contributed by atoms with van der Waals surface area (Å²) < 4.78 is 1.14. The molecular formula is C12H17BrN2. The predicted molar refractivity (Wildman–Crippen MR) is 66.9 cm³/mol. The molecule has 15 heavy (non-hydrogen) atoms. The van der Waals surface area contributed by atoms with Gasteiger partial charge in [-0.15, -0.1) is 0 Å². The summed E-state index contributed by atoms with van der Waals surface area (Å²) >= 11 is 3.51. The van der Waals surface area contributed by atoms with Crippen molar-refractivity contribution in [1.82, 2.24) is 4.90 Å². The summed E-state index contributed by atoms with van der Waals surface area (Å²) in [5, 5.41) is 0. The van der Waals surface area contributed by atoms with E-state index >= 15 is 0 Å². The van der Waals surface area contributed by atoms with E-state index in [1.54, 1.807) is 0 Å². The normalized spacial score (nSPS) is 19.9. The van der Waals surface area contributed by atoms with E-state index in [4.69, 9.17) is 5.73 Å². The Morgan fingerprint density at radius 1 is 1.53 bits per heavy atom. The van der Waals surface area contributed by atoms with E-state index in [1.165, 1.54) is 18.7 Å². The van der Waals surface area contributed by atoms with Crippen molar-refractivity contribution in [2.45, 2.75) is 5.92 Å². The Morgan fingerprint density at radius 2 is 2.27 bits per heavy atom. The molecular weight excluding hydrogens is 252 g/mol. The second-order valence-corrected chi connectivity index (χ2v) is 5.29. The average molecular weight is 269 g/mol. The molecule has 1 aromatic rings. The number of likely N-dealkylation sites (tertiary alicyclic amines) is 1. The van der Waals surface area contributed by atoms with Crippen molar-refractivity contribution in [1.29, 1.82) is 0 Å². The highest BCUT2D eigenvalue weighted by atomic mass is 79.9. The molecule has 0 aliphatic carbocycles. The van der Waals surface area contributed by atoms with Crippen LogP contribution >= 0.6 is 15.9 Å². The number of nitrogens with zero attached hydrogens (tertiary/aromatic N) is 1. The Balaban J connectivity index is 2.12. The van der Waals surface area contributed by atoms with Gasteiger partial charge in [0.15, 0.2) is 0 Å². The minimum atomic E-state index is 0.513. The lowest BCUT2D eigenvalue weighted by molar-refractivity contribution is 0.112. The van der Waals surface area contributed by atoms with Crippen LogP contribution in [-0.4, -0.2) is 31.6 Å². The topological polar surface area (TPSA) is 29.3 Å². The van der Waals surface area contributed by atoms with Gasteiger partial charge in [-0.1, -0.05) is 28.1 Å². The highest BCUT2D eigenvalue weighted by Gasteiger charge is 2.31. The molecule has 1 saturated heterocycles. The molecule has 1 unspecified atom stereocenters. The van der Waals surface area contributed by atoms with E-state index < -0.39 is 0 Å². The molecule has 0 bridgehead atoms. The fourth-order valence-corrected chi connectivity index (χ4v) is 2.76. The van der Waals surface area contributed by atoms with Gasteiger partial charge in [0.1, 0.15) is 0 Å².